The number of nitrogens with zero attached hydrogens (tertiary/aromatic N) is 1. The van der Waals surface area contributed by atoms with Gasteiger partial charge in [-0.3, -0.25) is 4.99 Å². The number of rotatable bonds is 5. The van der Waals surface area contributed by atoms with Crippen LogP contribution >= 0.6 is 12.6 Å². The van der Waals surface area contributed by atoms with Crippen LogP contribution in [-0.4, -0.2) is 11.7 Å². The molecule has 0 spiro atoms. The fourth-order valence-electron chi connectivity index (χ4n) is 1.24. The maximum atomic E-state index is 4.33. The topological polar surface area (TPSA) is 24.4 Å². The van der Waals surface area contributed by atoms with Crippen LogP contribution in [0.25, 0.3) is 0 Å². The van der Waals surface area contributed by atoms with Gasteiger partial charge in [-0.1, -0.05) is 38.0 Å². The second kappa shape index (κ2) is 7.35. The van der Waals surface area contributed by atoms with E-state index in [4.69, 9.17) is 0 Å². The van der Waals surface area contributed by atoms with Crippen LogP contribution in [0.1, 0.15) is 26.2 Å². The molecule has 0 aromatic heterocycles. The summed E-state index contributed by atoms with van der Waals surface area (Å²) in [6.45, 7) is 3.04. The normalized spacial score (nSPS) is 11.5. The van der Waals surface area contributed by atoms with Crippen molar-refractivity contribution < 1.29 is 0 Å². The summed E-state index contributed by atoms with van der Waals surface area (Å²) in [7, 11) is 0. The Morgan fingerprint density at radius 2 is 2.00 bits per heavy atom. The van der Waals surface area contributed by atoms with Crippen molar-refractivity contribution in [3.8, 4) is 0 Å². The maximum absolute atomic E-state index is 4.33. The highest BCUT2D eigenvalue weighted by Crippen LogP contribution is 2.06. The summed E-state index contributed by atoms with van der Waals surface area (Å²) in [6, 6.07) is 9.96. The number of nitrogens with one attached hydrogen (secondary N) is 1. The molecule has 0 aliphatic heterocycles. The van der Waals surface area contributed by atoms with Gasteiger partial charge in [0.25, 0.3) is 0 Å². The molecule has 0 bridgehead atoms. The number of unbranched alkanes of at least 4 members (excludes halogenated alkanes) is 2. The Hall–Kier alpha value is -0.960. The fourth-order valence-corrected chi connectivity index (χ4v) is 1.47. The molecule has 0 radical (unpaired) electrons. The molecule has 0 aliphatic rings. The van der Waals surface area contributed by atoms with Crippen LogP contribution in [0.15, 0.2) is 35.3 Å². The lowest BCUT2D eigenvalue weighted by molar-refractivity contribution is 0.729. The van der Waals surface area contributed by atoms with Crippen LogP contribution in [0.5, 0.6) is 0 Å². The van der Waals surface area contributed by atoms with Crippen LogP contribution in [0, 0.1) is 0 Å². The van der Waals surface area contributed by atoms with Crippen molar-refractivity contribution in [2.45, 2.75) is 26.2 Å². The van der Waals surface area contributed by atoms with E-state index in [0.29, 0.717) is 5.17 Å². The van der Waals surface area contributed by atoms with Crippen molar-refractivity contribution in [3.05, 3.63) is 30.3 Å². The van der Waals surface area contributed by atoms with Crippen LogP contribution in [0.2, 0.25) is 0 Å². The number of para-hydroxylation sites is 1. The maximum Gasteiger partial charge on any atom is 0.157 e. The van der Waals surface area contributed by atoms with Crippen LogP contribution in [-0.2, 0) is 0 Å². The highest BCUT2D eigenvalue weighted by Gasteiger charge is 1.92. The molecule has 0 saturated carbocycles. The Morgan fingerprint density at radius 3 is 2.67 bits per heavy atom. The molecule has 82 valence electrons. The van der Waals surface area contributed by atoms with Gasteiger partial charge >= 0.3 is 0 Å². The lowest BCUT2D eigenvalue weighted by Gasteiger charge is -2.04. The monoisotopic (exact) mass is 222 g/mol. The minimum absolute atomic E-state index is 0.692. The van der Waals surface area contributed by atoms with Crippen molar-refractivity contribution in [1.82, 2.24) is 0 Å². The summed E-state index contributed by atoms with van der Waals surface area (Å²) < 4.78 is 0. The molecule has 0 heterocycles. The van der Waals surface area contributed by atoms with E-state index in [1.807, 2.05) is 30.3 Å². The van der Waals surface area contributed by atoms with Gasteiger partial charge in [0.2, 0.25) is 0 Å². The summed E-state index contributed by atoms with van der Waals surface area (Å²) in [5.74, 6) is 0. The molecule has 2 nitrogen and oxygen atoms in total. The Morgan fingerprint density at radius 1 is 1.27 bits per heavy atom. The van der Waals surface area contributed by atoms with Crippen molar-refractivity contribution >= 4 is 23.5 Å². The predicted molar refractivity (Wildman–Crippen MR) is 70.9 cm³/mol. The van der Waals surface area contributed by atoms with Gasteiger partial charge in [0.15, 0.2) is 5.17 Å². The Bertz CT molecular complexity index is 296. The molecule has 1 rings (SSSR count). The molecule has 3 heteroatoms. The van der Waals surface area contributed by atoms with E-state index in [0.717, 1.165) is 18.7 Å². The van der Waals surface area contributed by atoms with Crippen LogP contribution in [0.4, 0.5) is 5.69 Å². The molecule has 0 atom stereocenters. The number of amidine groups is 1. The smallest absolute Gasteiger partial charge is 0.157 e. The third-order valence-corrected chi connectivity index (χ3v) is 2.31. The SMILES string of the molecule is CCCCCN=C(S)Nc1ccccc1. The highest BCUT2D eigenvalue weighted by molar-refractivity contribution is 7.97. The Labute approximate surface area is 97.2 Å². The second-order valence-corrected chi connectivity index (χ2v) is 3.83. The zero-order valence-electron chi connectivity index (χ0n) is 9.11. The zero-order chi connectivity index (χ0) is 10.9. The van der Waals surface area contributed by atoms with E-state index in [1.165, 1.54) is 12.8 Å². The molecule has 15 heavy (non-hydrogen) atoms. The van der Waals surface area contributed by atoms with Gasteiger partial charge in [-0.25, -0.2) is 0 Å². The molecule has 1 N–H and O–H groups in total. The fraction of sp³-hybridized carbons (Fsp3) is 0.417. The molecule has 0 amide bonds. The first kappa shape index (κ1) is 12.1. The van der Waals surface area contributed by atoms with Crippen molar-refractivity contribution in [2.24, 2.45) is 4.99 Å². The molecule has 0 fully saturated rings. The van der Waals surface area contributed by atoms with Gasteiger partial charge in [-0.05, 0) is 18.6 Å². The molecular formula is C12H18N2S. The van der Waals surface area contributed by atoms with E-state index in [1.54, 1.807) is 0 Å². The first-order valence-corrected chi connectivity index (χ1v) is 5.83. The van der Waals surface area contributed by atoms with Gasteiger partial charge in [-0.2, -0.15) is 0 Å². The van der Waals surface area contributed by atoms with Crippen molar-refractivity contribution in [3.63, 3.8) is 0 Å². The summed E-state index contributed by atoms with van der Waals surface area (Å²) >= 11 is 4.28. The first-order valence-electron chi connectivity index (χ1n) is 5.38. The molecule has 1 aromatic rings. The van der Waals surface area contributed by atoms with Gasteiger partial charge in [0.05, 0.1) is 0 Å². The Kier molecular flexibility index (Phi) is 5.93. The van der Waals surface area contributed by atoms with Crippen LogP contribution in [0.3, 0.4) is 0 Å². The molecule has 0 unspecified atom stereocenters. The van der Waals surface area contributed by atoms with E-state index in [9.17, 15) is 0 Å². The summed E-state index contributed by atoms with van der Waals surface area (Å²) in [5, 5.41) is 3.82. The average Bonchev–Trinajstić information content (AvgIpc) is 2.26. The number of anilines is 1. The lowest BCUT2D eigenvalue weighted by atomic mass is 10.2. The van der Waals surface area contributed by atoms with E-state index >= 15 is 0 Å². The number of thiol groups is 1. The second-order valence-electron chi connectivity index (χ2n) is 3.40. The average molecular weight is 222 g/mol. The van der Waals surface area contributed by atoms with Gasteiger partial charge in [0, 0.05) is 12.2 Å². The van der Waals surface area contributed by atoms with Gasteiger partial charge < -0.3 is 5.32 Å². The molecule has 1 aromatic carbocycles. The van der Waals surface area contributed by atoms with Crippen LogP contribution < -0.4 is 5.32 Å². The minimum atomic E-state index is 0.692. The van der Waals surface area contributed by atoms with Gasteiger partial charge in [-0.15, -0.1) is 12.6 Å². The molecular weight excluding hydrogens is 204 g/mol. The van der Waals surface area contributed by atoms with Gasteiger partial charge in [0.1, 0.15) is 0 Å². The summed E-state index contributed by atoms with van der Waals surface area (Å²) in [6.07, 6.45) is 3.59. The summed E-state index contributed by atoms with van der Waals surface area (Å²) in [5.41, 5.74) is 1.03. The highest BCUT2D eigenvalue weighted by atomic mass is 32.1. The van der Waals surface area contributed by atoms with E-state index in [-0.39, 0.29) is 0 Å². The predicted octanol–water partition coefficient (Wildman–Crippen LogP) is 3.57. The number of aliphatic imine (C=N–C) groups is 1. The van der Waals surface area contributed by atoms with E-state index in [2.05, 4.69) is 29.9 Å². The largest absolute Gasteiger partial charge is 0.335 e. The Balaban J connectivity index is 2.32. The summed E-state index contributed by atoms with van der Waals surface area (Å²) in [4.78, 5) is 4.33. The molecule has 0 saturated heterocycles. The number of benzene rings is 1. The standard InChI is InChI=1S/C12H18N2S/c1-2-3-7-10-13-12(15)14-11-8-5-4-6-9-11/h4-6,8-9H,2-3,7,10H2,1H3,(H2,13,14,15). The third kappa shape index (κ3) is 5.47. The lowest BCUT2D eigenvalue weighted by Crippen LogP contribution is -2.05. The first-order chi connectivity index (χ1) is 7.33. The minimum Gasteiger partial charge on any atom is -0.335 e. The van der Waals surface area contributed by atoms with Crippen molar-refractivity contribution in [1.29, 1.82) is 0 Å². The van der Waals surface area contributed by atoms with Crippen molar-refractivity contribution in [2.75, 3.05) is 11.9 Å². The molecule has 0 aliphatic carbocycles. The zero-order valence-corrected chi connectivity index (χ0v) is 10.0. The van der Waals surface area contributed by atoms with E-state index < -0.39 is 0 Å². The quantitative estimate of drug-likeness (QED) is 0.338. The number of hydrogen-bond acceptors (Lipinski definition) is 1. The third-order valence-electron chi connectivity index (χ3n) is 2.05. The number of hydrogen-bond donors (Lipinski definition) is 2.